The van der Waals surface area contributed by atoms with E-state index in [0.29, 0.717) is 11.6 Å². The van der Waals surface area contributed by atoms with E-state index < -0.39 is 0 Å². The van der Waals surface area contributed by atoms with Crippen LogP contribution in [0.15, 0.2) is 22.9 Å². The van der Waals surface area contributed by atoms with Gasteiger partial charge in [-0.05, 0) is 47.7 Å². The third-order valence-electron chi connectivity index (χ3n) is 3.07. The summed E-state index contributed by atoms with van der Waals surface area (Å²) in [6.45, 7) is 0. The minimum Gasteiger partial charge on any atom is -0.349 e. The number of hydrogen-bond acceptors (Lipinski definition) is 3. The Hall–Kier alpha value is -0.940. The summed E-state index contributed by atoms with van der Waals surface area (Å²) in [6, 6.07) is 2.33. The maximum atomic E-state index is 11.9. The lowest BCUT2D eigenvalue weighted by atomic mass is 9.92. The topological polar surface area (TPSA) is 68.0 Å². The third kappa shape index (κ3) is 3.51. The minimum absolute atomic E-state index is 0.0562. The monoisotopic (exact) mass is 297 g/mol. The number of pyridine rings is 1. The van der Waals surface area contributed by atoms with Crippen LogP contribution in [0.2, 0.25) is 0 Å². The first-order chi connectivity index (χ1) is 8.15. The molecule has 0 aliphatic heterocycles. The number of carbonyl (C=O) groups excluding carboxylic acids is 1. The smallest absolute Gasteiger partial charge is 0.253 e. The van der Waals surface area contributed by atoms with Crippen molar-refractivity contribution in [1.29, 1.82) is 0 Å². The zero-order chi connectivity index (χ0) is 12.3. The molecule has 0 atom stereocenters. The van der Waals surface area contributed by atoms with E-state index in [9.17, 15) is 4.79 Å². The molecule has 0 spiro atoms. The van der Waals surface area contributed by atoms with Crippen molar-refractivity contribution in [1.82, 2.24) is 10.3 Å². The van der Waals surface area contributed by atoms with Gasteiger partial charge in [0.1, 0.15) is 0 Å². The van der Waals surface area contributed by atoms with E-state index in [0.717, 1.165) is 30.2 Å². The fourth-order valence-electron chi connectivity index (χ4n) is 2.07. The Labute approximate surface area is 109 Å². The van der Waals surface area contributed by atoms with Crippen molar-refractivity contribution in [3.05, 3.63) is 28.5 Å². The largest absolute Gasteiger partial charge is 0.349 e. The predicted octanol–water partition coefficient (Wildman–Crippen LogP) is 1.84. The van der Waals surface area contributed by atoms with Crippen LogP contribution >= 0.6 is 15.9 Å². The van der Waals surface area contributed by atoms with Gasteiger partial charge < -0.3 is 11.1 Å². The number of halogens is 1. The Morgan fingerprint density at radius 2 is 2.06 bits per heavy atom. The molecular formula is C12H16BrN3O. The highest BCUT2D eigenvalue weighted by Gasteiger charge is 2.20. The van der Waals surface area contributed by atoms with Crippen LogP contribution in [0, 0.1) is 0 Å². The average Bonchev–Trinajstić information content (AvgIpc) is 2.32. The lowest BCUT2D eigenvalue weighted by molar-refractivity contribution is 0.0925. The molecule has 92 valence electrons. The number of aromatic nitrogens is 1. The fraction of sp³-hybridized carbons (Fsp3) is 0.500. The molecular weight excluding hydrogens is 282 g/mol. The molecule has 1 heterocycles. The van der Waals surface area contributed by atoms with E-state index in [-0.39, 0.29) is 11.9 Å². The van der Waals surface area contributed by atoms with Gasteiger partial charge in [-0.3, -0.25) is 9.78 Å². The second-order valence-corrected chi connectivity index (χ2v) is 5.39. The molecule has 0 bridgehead atoms. The summed E-state index contributed by atoms with van der Waals surface area (Å²) < 4.78 is 0.816. The zero-order valence-electron chi connectivity index (χ0n) is 9.53. The van der Waals surface area contributed by atoms with Gasteiger partial charge in [-0.15, -0.1) is 0 Å². The number of amides is 1. The van der Waals surface area contributed by atoms with Gasteiger partial charge in [0.25, 0.3) is 5.91 Å². The quantitative estimate of drug-likeness (QED) is 0.875. The van der Waals surface area contributed by atoms with E-state index in [1.165, 1.54) is 0 Å². The van der Waals surface area contributed by atoms with Gasteiger partial charge in [-0.25, -0.2) is 0 Å². The first kappa shape index (κ1) is 12.5. The first-order valence-electron chi connectivity index (χ1n) is 5.82. The molecule has 3 N–H and O–H groups in total. The highest BCUT2D eigenvalue weighted by Crippen LogP contribution is 2.17. The van der Waals surface area contributed by atoms with Gasteiger partial charge in [0.2, 0.25) is 0 Å². The predicted molar refractivity (Wildman–Crippen MR) is 69.6 cm³/mol. The van der Waals surface area contributed by atoms with Gasteiger partial charge in [0, 0.05) is 29.0 Å². The van der Waals surface area contributed by atoms with Gasteiger partial charge in [-0.1, -0.05) is 0 Å². The summed E-state index contributed by atoms with van der Waals surface area (Å²) in [6.07, 6.45) is 7.15. The van der Waals surface area contributed by atoms with Crippen molar-refractivity contribution in [2.75, 3.05) is 0 Å². The van der Waals surface area contributed by atoms with Crippen LogP contribution in [0.25, 0.3) is 0 Å². The Balaban J connectivity index is 1.93. The molecule has 1 aliphatic rings. The maximum Gasteiger partial charge on any atom is 0.253 e. The van der Waals surface area contributed by atoms with Gasteiger partial charge in [0.15, 0.2) is 0 Å². The highest BCUT2D eigenvalue weighted by molar-refractivity contribution is 9.10. The Morgan fingerprint density at radius 3 is 2.71 bits per heavy atom. The SMILES string of the molecule is NC1CCC(NC(=O)c2cncc(Br)c2)CC1. The number of rotatable bonds is 2. The Morgan fingerprint density at radius 1 is 1.35 bits per heavy atom. The summed E-state index contributed by atoms with van der Waals surface area (Å²) in [5.74, 6) is -0.0562. The number of nitrogens with one attached hydrogen (secondary N) is 1. The standard InChI is InChI=1S/C12H16BrN3O/c13-9-5-8(6-15-7-9)12(17)16-11-3-1-10(14)2-4-11/h5-7,10-11H,1-4,14H2,(H,16,17). The van der Waals surface area contributed by atoms with Crippen LogP contribution in [0.4, 0.5) is 0 Å². The first-order valence-corrected chi connectivity index (χ1v) is 6.61. The second-order valence-electron chi connectivity index (χ2n) is 4.48. The van der Waals surface area contributed by atoms with E-state index in [4.69, 9.17) is 5.73 Å². The molecule has 0 radical (unpaired) electrons. The van der Waals surface area contributed by atoms with E-state index in [2.05, 4.69) is 26.2 Å². The lowest BCUT2D eigenvalue weighted by Crippen LogP contribution is -2.40. The third-order valence-corrected chi connectivity index (χ3v) is 3.51. The van der Waals surface area contributed by atoms with Crippen molar-refractivity contribution < 1.29 is 4.79 Å². The average molecular weight is 298 g/mol. The number of hydrogen-bond donors (Lipinski definition) is 2. The van der Waals surface area contributed by atoms with Crippen molar-refractivity contribution in [3.8, 4) is 0 Å². The van der Waals surface area contributed by atoms with Gasteiger partial charge in [-0.2, -0.15) is 0 Å². The number of nitrogens with two attached hydrogens (primary N) is 1. The van der Waals surface area contributed by atoms with Crippen molar-refractivity contribution >= 4 is 21.8 Å². The summed E-state index contributed by atoms with van der Waals surface area (Å²) in [4.78, 5) is 15.9. The summed E-state index contributed by atoms with van der Waals surface area (Å²) in [5, 5.41) is 3.03. The van der Waals surface area contributed by atoms with Crippen LogP contribution in [0.3, 0.4) is 0 Å². The van der Waals surface area contributed by atoms with Crippen LogP contribution < -0.4 is 11.1 Å². The molecule has 1 aromatic heterocycles. The molecule has 1 aliphatic carbocycles. The van der Waals surface area contributed by atoms with Gasteiger partial charge in [0.05, 0.1) is 5.56 Å². The lowest BCUT2D eigenvalue weighted by Gasteiger charge is -2.26. The van der Waals surface area contributed by atoms with E-state index in [1.807, 2.05) is 0 Å². The minimum atomic E-state index is -0.0562. The highest BCUT2D eigenvalue weighted by atomic mass is 79.9. The van der Waals surface area contributed by atoms with Crippen LogP contribution in [-0.2, 0) is 0 Å². The molecule has 1 saturated carbocycles. The molecule has 17 heavy (non-hydrogen) atoms. The van der Waals surface area contributed by atoms with Crippen LogP contribution in [-0.4, -0.2) is 23.0 Å². The zero-order valence-corrected chi connectivity index (χ0v) is 11.1. The molecule has 0 saturated heterocycles. The van der Waals surface area contributed by atoms with Crippen molar-refractivity contribution in [2.24, 2.45) is 5.73 Å². The molecule has 4 nitrogen and oxygen atoms in total. The molecule has 0 aromatic carbocycles. The molecule has 1 amide bonds. The Bertz CT molecular complexity index is 402. The van der Waals surface area contributed by atoms with E-state index >= 15 is 0 Å². The van der Waals surface area contributed by atoms with Crippen LogP contribution in [0.5, 0.6) is 0 Å². The van der Waals surface area contributed by atoms with Crippen LogP contribution in [0.1, 0.15) is 36.0 Å². The summed E-state index contributed by atoms with van der Waals surface area (Å²) >= 11 is 3.30. The summed E-state index contributed by atoms with van der Waals surface area (Å²) in [5.41, 5.74) is 6.42. The number of nitrogens with zero attached hydrogens (tertiary/aromatic N) is 1. The fourth-order valence-corrected chi connectivity index (χ4v) is 2.43. The molecule has 5 heteroatoms. The second kappa shape index (κ2) is 5.60. The van der Waals surface area contributed by atoms with Crippen molar-refractivity contribution in [3.63, 3.8) is 0 Å². The molecule has 1 aromatic rings. The Kier molecular flexibility index (Phi) is 4.12. The van der Waals surface area contributed by atoms with Gasteiger partial charge >= 0.3 is 0 Å². The molecule has 0 unspecified atom stereocenters. The molecule has 1 fully saturated rings. The number of carbonyl (C=O) groups is 1. The summed E-state index contributed by atoms with van der Waals surface area (Å²) in [7, 11) is 0. The molecule has 2 rings (SSSR count). The van der Waals surface area contributed by atoms with Crippen molar-refractivity contribution in [2.45, 2.75) is 37.8 Å². The normalized spacial score (nSPS) is 24.4. The maximum absolute atomic E-state index is 11.9. The van der Waals surface area contributed by atoms with E-state index in [1.54, 1.807) is 18.5 Å².